The average Bonchev–Trinajstić information content (AvgIpc) is 2.29. The lowest BCUT2D eigenvalue weighted by atomic mass is 10.1. The molecule has 15 heavy (non-hydrogen) atoms. The summed E-state index contributed by atoms with van der Waals surface area (Å²) < 4.78 is 0. The number of hydrogen-bond donors (Lipinski definition) is 1. The van der Waals surface area contributed by atoms with E-state index in [2.05, 4.69) is 36.3 Å². The third-order valence-corrected chi connectivity index (χ3v) is 2.69. The van der Waals surface area contributed by atoms with E-state index < -0.39 is 0 Å². The van der Waals surface area contributed by atoms with Gasteiger partial charge in [-0.25, -0.2) is 4.98 Å². The Kier molecular flexibility index (Phi) is 5.16. The van der Waals surface area contributed by atoms with E-state index in [0.29, 0.717) is 0 Å². The summed E-state index contributed by atoms with van der Waals surface area (Å²) in [6.45, 7) is 4.39. The van der Waals surface area contributed by atoms with Crippen LogP contribution in [0, 0.1) is 0 Å². The van der Waals surface area contributed by atoms with Crippen molar-refractivity contribution in [2.24, 2.45) is 0 Å². The van der Waals surface area contributed by atoms with Gasteiger partial charge in [0.05, 0.1) is 0 Å². The van der Waals surface area contributed by atoms with Crippen LogP contribution in [0.4, 0.5) is 5.82 Å². The number of rotatable bonds is 6. The highest BCUT2D eigenvalue weighted by Gasteiger charge is 2.02. The summed E-state index contributed by atoms with van der Waals surface area (Å²) in [4.78, 5) is 4.62. The first-order chi connectivity index (χ1) is 7.31. The average molecular weight is 206 g/mol. The Hall–Kier alpha value is -1.05. The van der Waals surface area contributed by atoms with Crippen LogP contribution in [0.15, 0.2) is 12.1 Å². The molecule has 84 valence electrons. The van der Waals surface area contributed by atoms with E-state index in [0.717, 1.165) is 18.7 Å². The fourth-order valence-corrected chi connectivity index (χ4v) is 1.73. The van der Waals surface area contributed by atoms with Crippen LogP contribution >= 0.6 is 0 Å². The van der Waals surface area contributed by atoms with Gasteiger partial charge in [0.2, 0.25) is 0 Å². The van der Waals surface area contributed by atoms with Gasteiger partial charge in [0.25, 0.3) is 0 Å². The summed E-state index contributed by atoms with van der Waals surface area (Å²) in [6, 6.07) is 4.36. The molecule has 0 fully saturated rings. The molecule has 2 heteroatoms. The van der Waals surface area contributed by atoms with Gasteiger partial charge < -0.3 is 5.32 Å². The Morgan fingerprint density at radius 3 is 2.60 bits per heavy atom. The predicted molar refractivity (Wildman–Crippen MR) is 66.4 cm³/mol. The molecule has 0 bridgehead atoms. The SMILES string of the molecule is CCCCCc1ccc(CC)c(NC)n1. The molecule has 1 N–H and O–H groups in total. The minimum absolute atomic E-state index is 1.04. The molecule has 0 saturated heterocycles. The Morgan fingerprint density at radius 1 is 1.20 bits per heavy atom. The zero-order chi connectivity index (χ0) is 11.1. The molecule has 0 aliphatic rings. The summed E-state index contributed by atoms with van der Waals surface area (Å²) >= 11 is 0. The normalized spacial score (nSPS) is 10.3. The van der Waals surface area contributed by atoms with Crippen molar-refractivity contribution in [1.29, 1.82) is 0 Å². The van der Waals surface area contributed by atoms with E-state index in [1.807, 2.05) is 7.05 Å². The number of aryl methyl sites for hydroxylation is 2. The standard InChI is InChI=1S/C13H22N2/c1-4-6-7-8-12-10-9-11(5-2)13(14-3)15-12/h9-10H,4-8H2,1-3H3,(H,14,15). The second kappa shape index (κ2) is 6.44. The van der Waals surface area contributed by atoms with Gasteiger partial charge in [-0.05, 0) is 30.9 Å². The number of anilines is 1. The topological polar surface area (TPSA) is 24.9 Å². The van der Waals surface area contributed by atoms with E-state index in [-0.39, 0.29) is 0 Å². The molecule has 0 saturated carbocycles. The molecule has 0 amide bonds. The molecular formula is C13H22N2. The number of pyridine rings is 1. The Balaban J connectivity index is 2.66. The molecule has 0 atom stereocenters. The van der Waals surface area contributed by atoms with Gasteiger partial charge in [-0.3, -0.25) is 0 Å². The zero-order valence-electron chi connectivity index (χ0n) is 10.1. The summed E-state index contributed by atoms with van der Waals surface area (Å²) in [7, 11) is 1.94. The third-order valence-electron chi connectivity index (χ3n) is 2.69. The van der Waals surface area contributed by atoms with Crippen molar-refractivity contribution in [3.8, 4) is 0 Å². The number of nitrogens with zero attached hydrogens (tertiary/aromatic N) is 1. The summed E-state index contributed by atoms with van der Waals surface area (Å²) in [5.74, 6) is 1.05. The van der Waals surface area contributed by atoms with Crippen molar-refractivity contribution < 1.29 is 0 Å². The molecule has 0 aromatic carbocycles. The molecule has 0 spiro atoms. The van der Waals surface area contributed by atoms with Crippen LogP contribution in [0.3, 0.4) is 0 Å². The molecule has 0 aliphatic carbocycles. The Bertz CT molecular complexity index is 295. The monoisotopic (exact) mass is 206 g/mol. The van der Waals surface area contributed by atoms with Gasteiger partial charge in [0.15, 0.2) is 0 Å². The second-order valence-electron chi connectivity index (χ2n) is 3.87. The molecule has 0 radical (unpaired) electrons. The maximum absolute atomic E-state index is 4.62. The molecule has 1 rings (SSSR count). The quantitative estimate of drug-likeness (QED) is 0.721. The first-order valence-corrected chi connectivity index (χ1v) is 5.98. The van der Waals surface area contributed by atoms with Crippen LogP contribution in [0.1, 0.15) is 44.4 Å². The highest BCUT2D eigenvalue weighted by Crippen LogP contribution is 2.15. The Labute approximate surface area is 93.1 Å². The van der Waals surface area contributed by atoms with Crippen molar-refractivity contribution in [3.05, 3.63) is 23.4 Å². The van der Waals surface area contributed by atoms with Crippen LogP contribution < -0.4 is 5.32 Å². The van der Waals surface area contributed by atoms with E-state index >= 15 is 0 Å². The van der Waals surface area contributed by atoms with Crippen LogP contribution in [0.5, 0.6) is 0 Å². The van der Waals surface area contributed by atoms with Crippen molar-refractivity contribution in [2.75, 3.05) is 12.4 Å². The lowest BCUT2D eigenvalue weighted by molar-refractivity contribution is 0.707. The first-order valence-electron chi connectivity index (χ1n) is 5.98. The highest BCUT2D eigenvalue weighted by molar-refractivity contribution is 5.44. The molecule has 2 nitrogen and oxygen atoms in total. The maximum Gasteiger partial charge on any atom is 0.129 e. The zero-order valence-corrected chi connectivity index (χ0v) is 10.1. The van der Waals surface area contributed by atoms with Gasteiger partial charge in [-0.1, -0.05) is 32.8 Å². The van der Waals surface area contributed by atoms with E-state index in [9.17, 15) is 0 Å². The molecule has 1 aromatic rings. The van der Waals surface area contributed by atoms with Gasteiger partial charge in [0, 0.05) is 12.7 Å². The van der Waals surface area contributed by atoms with Gasteiger partial charge in [-0.15, -0.1) is 0 Å². The third kappa shape index (κ3) is 3.54. The molecular weight excluding hydrogens is 184 g/mol. The molecule has 0 unspecified atom stereocenters. The number of hydrogen-bond acceptors (Lipinski definition) is 2. The van der Waals surface area contributed by atoms with Gasteiger partial charge in [-0.2, -0.15) is 0 Å². The minimum atomic E-state index is 1.04. The van der Waals surface area contributed by atoms with Crippen LogP contribution in [0.25, 0.3) is 0 Å². The van der Waals surface area contributed by atoms with Crippen molar-refractivity contribution in [3.63, 3.8) is 0 Å². The minimum Gasteiger partial charge on any atom is -0.373 e. The van der Waals surface area contributed by atoms with E-state index in [4.69, 9.17) is 0 Å². The van der Waals surface area contributed by atoms with Crippen LogP contribution in [0.2, 0.25) is 0 Å². The summed E-state index contributed by atoms with van der Waals surface area (Å²) in [5.41, 5.74) is 2.52. The number of unbranched alkanes of at least 4 members (excludes halogenated alkanes) is 2. The second-order valence-corrected chi connectivity index (χ2v) is 3.87. The fraction of sp³-hybridized carbons (Fsp3) is 0.615. The number of nitrogens with one attached hydrogen (secondary N) is 1. The largest absolute Gasteiger partial charge is 0.373 e. The molecule has 1 aromatic heterocycles. The van der Waals surface area contributed by atoms with E-state index in [1.54, 1.807) is 0 Å². The maximum atomic E-state index is 4.62. The van der Waals surface area contributed by atoms with Crippen LogP contribution in [-0.2, 0) is 12.8 Å². The van der Waals surface area contributed by atoms with E-state index in [1.165, 1.54) is 30.5 Å². The van der Waals surface area contributed by atoms with Gasteiger partial charge in [0.1, 0.15) is 5.82 Å². The predicted octanol–water partition coefficient (Wildman–Crippen LogP) is 3.42. The fourth-order valence-electron chi connectivity index (χ4n) is 1.73. The van der Waals surface area contributed by atoms with Crippen molar-refractivity contribution in [1.82, 2.24) is 4.98 Å². The smallest absolute Gasteiger partial charge is 0.129 e. The Morgan fingerprint density at radius 2 is 2.00 bits per heavy atom. The number of aromatic nitrogens is 1. The van der Waals surface area contributed by atoms with Crippen molar-refractivity contribution >= 4 is 5.82 Å². The van der Waals surface area contributed by atoms with Crippen molar-refractivity contribution in [2.45, 2.75) is 46.0 Å². The lowest BCUT2D eigenvalue weighted by Gasteiger charge is -2.08. The molecule has 0 aliphatic heterocycles. The van der Waals surface area contributed by atoms with Crippen LogP contribution in [-0.4, -0.2) is 12.0 Å². The molecule has 1 heterocycles. The van der Waals surface area contributed by atoms with Gasteiger partial charge >= 0.3 is 0 Å². The lowest BCUT2D eigenvalue weighted by Crippen LogP contribution is -2.01. The summed E-state index contributed by atoms with van der Waals surface area (Å²) in [5, 5.41) is 3.17. The first kappa shape index (κ1) is 12.0. The summed E-state index contributed by atoms with van der Waals surface area (Å²) in [6.07, 6.45) is 5.96. The highest BCUT2D eigenvalue weighted by atomic mass is 15.0.